The Bertz CT molecular complexity index is 491. The average molecular weight is 290 g/mol. The van der Waals surface area contributed by atoms with Gasteiger partial charge in [-0.1, -0.05) is 0 Å². The summed E-state index contributed by atoms with van der Waals surface area (Å²) in [6.45, 7) is 6.78. The first kappa shape index (κ1) is 14.7. The first-order valence-electron chi connectivity index (χ1n) is 7.94. The minimum absolute atomic E-state index is 0.133. The van der Waals surface area contributed by atoms with E-state index in [9.17, 15) is 0 Å². The summed E-state index contributed by atoms with van der Waals surface area (Å²) in [6, 6.07) is 2.60. The van der Waals surface area contributed by atoms with Crippen molar-refractivity contribution < 1.29 is 4.74 Å². The van der Waals surface area contributed by atoms with Gasteiger partial charge < -0.3 is 9.64 Å². The van der Waals surface area contributed by atoms with Crippen molar-refractivity contribution in [3.63, 3.8) is 0 Å². The number of nitrogens with zero attached hydrogens (tertiary/aromatic N) is 4. The molecular weight excluding hydrogens is 264 g/mol. The molecule has 0 radical (unpaired) electrons. The van der Waals surface area contributed by atoms with Crippen LogP contribution in [0.1, 0.15) is 38.5 Å². The predicted octanol–water partition coefficient (Wildman–Crippen LogP) is 2.10. The van der Waals surface area contributed by atoms with Crippen LogP contribution in [0.15, 0.2) is 12.3 Å². The molecule has 2 fully saturated rings. The lowest BCUT2D eigenvalue weighted by Crippen LogP contribution is -2.45. The third-order valence-electron chi connectivity index (χ3n) is 4.71. The highest BCUT2D eigenvalue weighted by Gasteiger charge is 2.40. The molecular formula is C16H26N4O. The summed E-state index contributed by atoms with van der Waals surface area (Å²) in [4.78, 5) is 13.4. The van der Waals surface area contributed by atoms with Gasteiger partial charge in [0.05, 0.1) is 11.8 Å². The maximum atomic E-state index is 6.32. The fraction of sp³-hybridized carbons (Fsp3) is 0.750. The lowest BCUT2D eigenvalue weighted by molar-refractivity contribution is -0.0161. The molecule has 0 bridgehead atoms. The largest absolute Gasteiger partial charge is 0.367 e. The van der Waals surface area contributed by atoms with Crippen LogP contribution in [0, 0.1) is 5.92 Å². The zero-order valence-electron chi connectivity index (χ0n) is 13.5. The van der Waals surface area contributed by atoms with Gasteiger partial charge in [0.15, 0.2) is 0 Å². The van der Waals surface area contributed by atoms with Gasteiger partial charge in [0.1, 0.15) is 6.10 Å². The van der Waals surface area contributed by atoms with Gasteiger partial charge in [0, 0.05) is 32.9 Å². The molecule has 2 aliphatic heterocycles. The molecule has 2 aliphatic rings. The standard InChI is InChI=1S/C16H26N4O/c1-11(2)20-8-6-12-9-14(21-15(12)10-20)13-5-7-17-16(18-13)19(3)4/h5,7,11-12,14-15H,6,8-10H2,1-4H3/t12-,14-,15+/m0/s1. The van der Waals surface area contributed by atoms with Gasteiger partial charge in [-0.25, -0.2) is 9.97 Å². The molecule has 21 heavy (non-hydrogen) atoms. The molecule has 5 nitrogen and oxygen atoms in total. The number of hydrogen-bond acceptors (Lipinski definition) is 5. The number of anilines is 1. The van der Waals surface area contributed by atoms with Crippen molar-refractivity contribution >= 4 is 5.95 Å². The van der Waals surface area contributed by atoms with Gasteiger partial charge in [-0.3, -0.25) is 4.90 Å². The van der Waals surface area contributed by atoms with Gasteiger partial charge in [0.25, 0.3) is 0 Å². The van der Waals surface area contributed by atoms with Crippen molar-refractivity contribution in [3.05, 3.63) is 18.0 Å². The normalized spacial score (nSPS) is 29.7. The molecule has 0 aromatic carbocycles. The van der Waals surface area contributed by atoms with E-state index >= 15 is 0 Å². The highest BCUT2D eigenvalue weighted by Crippen LogP contribution is 2.40. The predicted molar refractivity (Wildman–Crippen MR) is 83.4 cm³/mol. The van der Waals surface area contributed by atoms with Gasteiger partial charge in [-0.2, -0.15) is 0 Å². The zero-order valence-corrected chi connectivity index (χ0v) is 13.5. The van der Waals surface area contributed by atoms with Crippen molar-refractivity contribution in [2.24, 2.45) is 5.92 Å². The first-order chi connectivity index (χ1) is 10.0. The molecule has 0 amide bonds. The smallest absolute Gasteiger partial charge is 0.225 e. The number of aromatic nitrogens is 2. The van der Waals surface area contributed by atoms with E-state index in [1.165, 1.54) is 13.0 Å². The highest BCUT2D eigenvalue weighted by atomic mass is 16.5. The molecule has 3 rings (SSSR count). The topological polar surface area (TPSA) is 41.5 Å². The van der Waals surface area contributed by atoms with Gasteiger partial charge in [-0.15, -0.1) is 0 Å². The molecule has 3 atom stereocenters. The molecule has 0 aliphatic carbocycles. The monoisotopic (exact) mass is 290 g/mol. The average Bonchev–Trinajstić information content (AvgIpc) is 2.90. The Morgan fingerprint density at radius 3 is 2.90 bits per heavy atom. The van der Waals surface area contributed by atoms with Crippen LogP contribution in [0.5, 0.6) is 0 Å². The molecule has 0 saturated carbocycles. The summed E-state index contributed by atoms with van der Waals surface area (Å²) in [5, 5.41) is 0. The molecule has 1 aromatic rings. The lowest BCUT2D eigenvalue weighted by atomic mass is 9.91. The Hall–Kier alpha value is -1.20. The molecule has 116 valence electrons. The molecule has 1 aromatic heterocycles. The van der Waals surface area contributed by atoms with Crippen molar-refractivity contribution in [1.82, 2.24) is 14.9 Å². The van der Waals surface area contributed by atoms with Crippen LogP contribution in [0.4, 0.5) is 5.95 Å². The van der Waals surface area contributed by atoms with Crippen LogP contribution in [-0.4, -0.2) is 54.2 Å². The van der Waals surface area contributed by atoms with E-state index in [0.717, 1.165) is 24.6 Å². The van der Waals surface area contributed by atoms with Crippen LogP contribution in [0.2, 0.25) is 0 Å². The fourth-order valence-electron chi connectivity index (χ4n) is 3.37. The second-order valence-corrected chi connectivity index (χ2v) is 6.71. The van der Waals surface area contributed by atoms with E-state index in [1.807, 2.05) is 31.3 Å². The van der Waals surface area contributed by atoms with Crippen LogP contribution < -0.4 is 4.90 Å². The van der Waals surface area contributed by atoms with E-state index in [2.05, 4.69) is 28.7 Å². The Morgan fingerprint density at radius 2 is 2.19 bits per heavy atom. The van der Waals surface area contributed by atoms with E-state index in [0.29, 0.717) is 18.1 Å². The van der Waals surface area contributed by atoms with Crippen molar-refractivity contribution in [3.8, 4) is 0 Å². The SMILES string of the molecule is CC(C)N1CC[C@H]2C[C@@H](c3ccnc(N(C)C)n3)O[C@@H]2C1. The van der Waals surface area contributed by atoms with Crippen molar-refractivity contribution in [1.29, 1.82) is 0 Å². The Labute approximate surface area is 127 Å². The number of hydrogen-bond donors (Lipinski definition) is 0. The second-order valence-electron chi connectivity index (χ2n) is 6.71. The minimum atomic E-state index is 0.133. The zero-order chi connectivity index (χ0) is 15.0. The summed E-state index contributed by atoms with van der Waals surface area (Å²) < 4.78 is 6.32. The van der Waals surface area contributed by atoms with E-state index in [1.54, 1.807) is 0 Å². The van der Waals surface area contributed by atoms with Crippen molar-refractivity contribution in [2.75, 3.05) is 32.1 Å². The molecule has 5 heteroatoms. The summed E-state index contributed by atoms with van der Waals surface area (Å²) in [7, 11) is 3.93. The molecule has 0 N–H and O–H groups in total. The first-order valence-corrected chi connectivity index (χ1v) is 7.94. The Balaban J connectivity index is 1.71. The van der Waals surface area contributed by atoms with Crippen LogP contribution >= 0.6 is 0 Å². The van der Waals surface area contributed by atoms with Crippen molar-refractivity contribution in [2.45, 2.75) is 44.9 Å². The summed E-state index contributed by atoms with van der Waals surface area (Å²) >= 11 is 0. The number of likely N-dealkylation sites (tertiary alicyclic amines) is 1. The quantitative estimate of drug-likeness (QED) is 0.853. The van der Waals surface area contributed by atoms with E-state index in [4.69, 9.17) is 4.74 Å². The van der Waals surface area contributed by atoms with Crippen LogP contribution in [-0.2, 0) is 4.74 Å². The number of fused-ring (bicyclic) bond motifs is 1. The summed E-state index contributed by atoms with van der Waals surface area (Å²) in [5.41, 5.74) is 1.03. The van der Waals surface area contributed by atoms with Crippen LogP contribution in [0.25, 0.3) is 0 Å². The Morgan fingerprint density at radius 1 is 1.38 bits per heavy atom. The third kappa shape index (κ3) is 3.04. The van der Waals surface area contributed by atoms with Gasteiger partial charge in [0.2, 0.25) is 5.95 Å². The molecule has 3 heterocycles. The molecule has 0 unspecified atom stereocenters. The third-order valence-corrected chi connectivity index (χ3v) is 4.71. The van der Waals surface area contributed by atoms with Gasteiger partial charge in [-0.05, 0) is 45.2 Å². The van der Waals surface area contributed by atoms with E-state index in [-0.39, 0.29) is 6.10 Å². The van der Waals surface area contributed by atoms with E-state index < -0.39 is 0 Å². The fourth-order valence-corrected chi connectivity index (χ4v) is 3.37. The number of piperidine rings is 1. The minimum Gasteiger partial charge on any atom is -0.367 e. The number of rotatable bonds is 3. The Kier molecular flexibility index (Phi) is 4.13. The van der Waals surface area contributed by atoms with Crippen LogP contribution in [0.3, 0.4) is 0 Å². The maximum Gasteiger partial charge on any atom is 0.225 e. The second kappa shape index (κ2) is 5.89. The highest BCUT2D eigenvalue weighted by molar-refractivity contribution is 5.28. The number of ether oxygens (including phenoxy) is 1. The lowest BCUT2D eigenvalue weighted by Gasteiger charge is -2.36. The summed E-state index contributed by atoms with van der Waals surface area (Å²) in [5.74, 6) is 1.44. The maximum absolute atomic E-state index is 6.32. The van der Waals surface area contributed by atoms with Gasteiger partial charge >= 0.3 is 0 Å². The molecule has 2 saturated heterocycles. The molecule has 0 spiro atoms. The summed E-state index contributed by atoms with van der Waals surface area (Å²) in [6.07, 6.45) is 4.67.